The summed E-state index contributed by atoms with van der Waals surface area (Å²) in [7, 11) is 5.51. The zero-order valence-electron chi connectivity index (χ0n) is 12.0. The highest BCUT2D eigenvalue weighted by Gasteiger charge is 2.08. The van der Waals surface area contributed by atoms with E-state index in [4.69, 9.17) is 4.52 Å². The maximum atomic E-state index is 5.03. The molecule has 0 bridgehead atoms. The molecule has 20 heavy (non-hydrogen) atoms. The molecule has 0 unspecified atom stereocenters. The SMILES string of the molecule is CNc1nc(NCCc2nc(C)no2)nc(N(C)C)n1. The fraction of sp³-hybridized carbons (Fsp3) is 0.545. The van der Waals surface area contributed by atoms with Crippen LogP contribution in [0.15, 0.2) is 4.52 Å². The predicted molar refractivity (Wildman–Crippen MR) is 74.9 cm³/mol. The molecule has 0 fully saturated rings. The number of anilines is 3. The highest BCUT2D eigenvalue weighted by molar-refractivity contribution is 5.42. The Bertz CT molecular complexity index is 567. The Morgan fingerprint density at radius 1 is 1.10 bits per heavy atom. The summed E-state index contributed by atoms with van der Waals surface area (Å²) in [5.41, 5.74) is 0. The summed E-state index contributed by atoms with van der Waals surface area (Å²) < 4.78 is 5.03. The molecule has 0 atom stereocenters. The number of nitrogens with one attached hydrogen (secondary N) is 2. The smallest absolute Gasteiger partial charge is 0.231 e. The topological polar surface area (TPSA) is 105 Å². The molecule has 0 saturated carbocycles. The molecule has 9 heteroatoms. The van der Waals surface area contributed by atoms with Gasteiger partial charge in [0, 0.05) is 34.1 Å². The number of hydrogen-bond acceptors (Lipinski definition) is 9. The summed E-state index contributed by atoms with van der Waals surface area (Å²) >= 11 is 0. The van der Waals surface area contributed by atoms with E-state index in [1.165, 1.54) is 0 Å². The number of nitrogens with zero attached hydrogens (tertiary/aromatic N) is 6. The maximum absolute atomic E-state index is 5.03. The molecule has 0 aliphatic rings. The number of aryl methyl sites for hydroxylation is 1. The van der Waals surface area contributed by atoms with Crippen LogP contribution >= 0.6 is 0 Å². The molecule has 2 aromatic heterocycles. The van der Waals surface area contributed by atoms with E-state index < -0.39 is 0 Å². The van der Waals surface area contributed by atoms with Gasteiger partial charge in [-0.25, -0.2) is 0 Å². The minimum Gasteiger partial charge on any atom is -0.357 e. The second-order valence-corrected chi connectivity index (χ2v) is 4.34. The molecule has 0 aromatic carbocycles. The zero-order chi connectivity index (χ0) is 14.5. The average Bonchev–Trinajstić information content (AvgIpc) is 2.84. The summed E-state index contributed by atoms with van der Waals surface area (Å²) in [6.45, 7) is 2.39. The van der Waals surface area contributed by atoms with Crippen molar-refractivity contribution in [2.75, 3.05) is 43.2 Å². The lowest BCUT2D eigenvalue weighted by molar-refractivity contribution is 0.377. The van der Waals surface area contributed by atoms with Crippen molar-refractivity contribution in [2.24, 2.45) is 0 Å². The van der Waals surface area contributed by atoms with E-state index in [9.17, 15) is 0 Å². The Hall–Kier alpha value is -2.45. The molecule has 2 N–H and O–H groups in total. The Morgan fingerprint density at radius 2 is 1.85 bits per heavy atom. The normalized spacial score (nSPS) is 10.4. The van der Waals surface area contributed by atoms with E-state index >= 15 is 0 Å². The molecule has 2 heterocycles. The van der Waals surface area contributed by atoms with Gasteiger partial charge in [0.25, 0.3) is 0 Å². The molecule has 2 rings (SSSR count). The third kappa shape index (κ3) is 3.53. The Kier molecular flexibility index (Phi) is 4.28. The van der Waals surface area contributed by atoms with Crippen molar-refractivity contribution in [2.45, 2.75) is 13.3 Å². The van der Waals surface area contributed by atoms with Gasteiger partial charge in [0.15, 0.2) is 5.82 Å². The van der Waals surface area contributed by atoms with Crippen LogP contribution < -0.4 is 15.5 Å². The van der Waals surface area contributed by atoms with E-state index in [0.29, 0.717) is 42.5 Å². The first-order valence-corrected chi connectivity index (χ1v) is 6.22. The van der Waals surface area contributed by atoms with Crippen LogP contribution in [0.5, 0.6) is 0 Å². The summed E-state index contributed by atoms with van der Waals surface area (Å²) in [6.07, 6.45) is 0.610. The summed E-state index contributed by atoms with van der Waals surface area (Å²) in [4.78, 5) is 18.7. The Balaban J connectivity index is 1.99. The highest BCUT2D eigenvalue weighted by Crippen LogP contribution is 2.10. The van der Waals surface area contributed by atoms with Crippen molar-refractivity contribution in [3.63, 3.8) is 0 Å². The average molecular weight is 278 g/mol. The molecule has 0 spiro atoms. The van der Waals surface area contributed by atoms with Gasteiger partial charge >= 0.3 is 0 Å². The monoisotopic (exact) mass is 278 g/mol. The van der Waals surface area contributed by atoms with Crippen LogP contribution in [0, 0.1) is 6.92 Å². The van der Waals surface area contributed by atoms with Gasteiger partial charge in [0.1, 0.15) is 0 Å². The molecule has 2 aromatic rings. The first-order chi connectivity index (χ1) is 9.58. The first kappa shape index (κ1) is 14.0. The largest absolute Gasteiger partial charge is 0.357 e. The standard InChI is InChI=1S/C11H18N8O/c1-7-14-8(20-18-7)5-6-13-10-15-9(12-2)16-11(17-10)19(3)4/h5-6H2,1-4H3,(H2,12,13,15,16,17). The molecular formula is C11H18N8O. The number of rotatable bonds is 6. The van der Waals surface area contributed by atoms with Gasteiger partial charge in [-0.3, -0.25) is 0 Å². The van der Waals surface area contributed by atoms with Crippen molar-refractivity contribution in [1.82, 2.24) is 25.1 Å². The van der Waals surface area contributed by atoms with Gasteiger partial charge in [0.05, 0.1) is 0 Å². The lowest BCUT2D eigenvalue weighted by Crippen LogP contribution is -2.17. The molecule has 0 radical (unpaired) electrons. The first-order valence-electron chi connectivity index (χ1n) is 6.22. The minimum absolute atomic E-state index is 0.504. The lowest BCUT2D eigenvalue weighted by atomic mass is 10.4. The van der Waals surface area contributed by atoms with E-state index in [-0.39, 0.29) is 0 Å². The van der Waals surface area contributed by atoms with Crippen LogP contribution in [-0.2, 0) is 6.42 Å². The third-order valence-electron chi connectivity index (χ3n) is 2.44. The third-order valence-corrected chi connectivity index (χ3v) is 2.44. The van der Waals surface area contributed by atoms with Gasteiger partial charge in [-0.05, 0) is 6.92 Å². The summed E-state index contributed by atoms with van der Waals surface area (Å²) in [6, 6.07) is 0. The fourth-order valence-electron chi connectivity index (χ4n) is 1.48. The van der Waals surface area contributed by atoms with Gasteiger partial charge in [0.2, 0.25) is 23.7 Å². The van der Waals surface area contributed by atoms with Gasteiger partial charge in [-0.15, -0.1) is 0 Å². The van der Waals surface area contributed by atoms with Crippen molar-refractivity contribution in [3.8, 4) is 0 Å². The van der Waals surface area contributed by atoms with Crippen molar-refractivity contribution in [1.29, 1.82) is 0 Å². The van der Waals surface area contributed by atoms with E-state index in [1.54, 1.807) is 14.0 Å². The van der Waals surface area contributed by atoms with Crippen molar-refractivity contribution in [3.05, 3.63) is 11.7 Å². The second kappa shape index (κ2) is 6.13. The Morgan fingerprint density at radius 3 is 2.45 bits per heavy atom. The molecule has 0 saturated heterocycles. The molecule has 0 aliphatic carbocycles. The van der Waals surface area contributed by atoms with Crippen LogP contribution in [0.1, 0.15) is 11.7 Å². The van der Waals surface area contributed by atoms with Gasteiger partial charge in [-0.1, -0.05) is 5.16 Å². The molecular weight excluding hydrogens is 260 g/mol. The van der Waals surface area contributed by atoms with Crippen molar-refractivity contribution < 1.29 is 4.52 Å². The number of hydrogen-bond donors (Lipinski definition) is 2. The molecule has 9 nitrogen and oxygen atoms in total. The predicted octanol–water partition coefficient (Wildman–Crippen LogP) is 0.325. The van der Waals surface area contributed by atoms with Crippen LogP contribution in [0.2, 0.25) is 0 Å². The van der Waals surface area contributed by atoms with Crippen molar-refractivity contribution >= 4 is 17.8 Å². The molecule has 0 amide bonds. The minimum atomic E-state index is 0.504. The summed E-state index contributed by atoms with van der Waals surface area (Å²) in [5.74, 6) is 2.82. The van der Waals surface area contributed by atoms with E-state index in [1.807, 2.05) is 19.0 Å². The second-order valence-electron chi connectivity index (χ2n) is 4.34. The molecule has 108 valence electrons. The summed E-state index contributed by atoms with van der Waals surface area (Å²) in [5, 5.41) is 9.76. The zero-order valence-corrected chi connectivity index (χ0v) is 12.0. The van der Waals surface area contributed by atoms with E-state index in [0.717, 1.165) is 0 Å². The van der Waals surface area contributed by atoms with Crippen LogP contribution in [0.3, 0.4) is 0 Å². The highest BCUT2D eigenvalue weighted by atomic mass is 16.5. The fourth-order valence-corrected chi connectivity index (χ4v) is 1.48. The Labute approximate surface area is 116 Å². The quantitative estimate of drug-likeness (QED) is 0.773. The maximum Gasteiger partial charge on any atom is 0.231 e. The lowest BCUT2D eigenvalue weighted by Gasteiger charge is -2.12. The van der Waals surface area contributed by atoms with Crippen LogP contribution in [-0.4, -0.2) is 52.8 Å². The number of aromatic nitrogens is 5. The van der Waals surface area contributed by atoms with Crippen LogP contribution in [0.25, 0.3) is 0 Å². The van der Waals surface area contributed by atoms with Crippen LogP contribution in [0.4, 0.5) is 17.8 Å². The van der Waals surface area contributed by atoms with Gasteiger partial charge < -0.3 is 20.1 Å². The van der Waals surface area contributed by atoms with E-state index in [2.05, 4.69) is 35.7 Å². The molecule has 0 aliphatic heterocycles. The van der Waals surface area contributed by atoms with Gasteiger partial charge in [-0.2, -0.15) is 19.9 Å².